The maximum absolute atomic E-state index is 12.3. The van der Waals surface area contributed by atoms with Gasteiger partial charge in [0.2, 0.25) is 0 Å². The Kier molecular flexibility index (Phi) is 8.47. The van der Waals surface area contributed by atoms with Crippen molar-refractivity contribution < 1.29 is 40.0 Å². The summed E-state index contributed by atoms with van der Waals surface area (Å²) < 4.78 is 11.6. The van der Waals surface area contributed by atoms with Crippen molar-refractivity contribution in [3.8, 4) is 0 Å². The fraction of sp³-hybridized carbons (Fsp3) is 0.545. The maximum atomic E-state index is 12.3. The van der Waals surface area contributed by atoms with Gasteiger partial charge in [-0.05, 0) is 0 Å². The van der Waals surface area contributed by atoms with Gasteiger partial charge in [0.1, 0.15) is 0 Å². The summed E-state index contributed by atoms with van der Waals surface area (Å²) in [7, 11) is 0.750. The predicted molar refractivity (Wildman–Crippen MR) is 102 cm³/mol. The Bertz CT molecular complexity index is 671. The summed E-state index contributed by atoms with van der Waals surface area (Å²) in [5, 5.41) is 8.25. The quantitative estimate of drug-likeness (QED) is 0.491. The van der Waals surface area contributed by atoms with Crippen molar-refractivity contribution in [2.45, 2.75) is 69.4 Å². The molecule has 3 aliphatic carbocycles. The zero-order valence-electron chi connectivity index (χ0n) is 17.2. The van der Waals surface area contributed by atoms with Gasteiger partial charge in [0.05, 0.1) is 0 Å². The van der Waals surface area contributed by atoms with Gasteiger partial charge in [-0.25, -0.2) is 0 Å². The van der Waals surface area contributed by atoms with E-state index in [1.165, 1.54) is 35.1 Å². The van der Waals surface area contributed by atoms with E-state index in [4.69, 9.17) is 11.7 Å². The molecule has 0 aromatic rings. The monoisotopic (exact) mass is 422 g/mol. The number of fused-ring (bicyclic) bond motifs is 1. The van der Waals surface area contributed by atoms with E-state index in [-0.39, 0.29) is 4.22 Å². The Labute approximate surface area is 175 Å². The van der Waals surface area contributed by atoms with Gasteiger partial charge in [-0.15, -0.1) is 0 Å². The van der Waals surface area contributed by atoms with Crippen LogP contribution in [0.4, 0.5) is 0 Å². The van der Waals surface area contributed by atoms with Crippen LogP contribution in [0.1, 0.15) is 65.2 Å². The second kappa shape index (κ2) is 10.4. The molecular weight excluding hydrogens is 392 g/mol. The molecule has 0 bridgehead atoms. The van der Waals surface area contributed by atoms with Crippen molar-refractivity contribution in [3.63, 3.8) is 0 Å². The molecule has 3 rings (SSSR count). The number of rotatable bonds is 5. The molecule has 5 nitrogen and oxygen atoms in total. The van der Waals surface area contributed by atoms with Gasteiger partial charge >= 0.3 is 163 Å². The van der Waals surface area contributed by atoms with Crippen molar-refractivity contribution in [2.75, 3.05) is 7.11 Å². The summed E-state index contributed by atoms with van der Waals surface area (Å²) in [5.74, 6) is -0.894. The summed E-state index contributed by atoms with van der Waals surface area (Å²) in [6.45, 7) is 10.6. The van der Waals surface area contributed by atoms with Crippen LogP contribution in [0, 0.1) is 0 Å². The molecule has 0 heterocycles. The molecule has 0 aliphatic heterocycles. The van der Waals surface area contributed by atoms with Crippen LogP contribution in [-0.2, 0) is 34.9 Å². The number of carbonyl (C=O) groups is 2. The SMILES string of the molecule is C=C(C)C(=O)[O][Ti+]([O]C(=O)C(=C)C)[CH]1C2=C(CCCC2)C2=C1CCCC2.C[O-]. The average Bonchev–Trinajstić information content (AvgIpc) is 3.03. The molecule has 0 atom stereocenters. The van der Waals surface area contributed by atoms with Crippen LogP contribution in [-0.4, -0.2) is 19.0 Å². The molecule has 0 fully saturated rings. The first kappa shape index (κ1) is 22.9. The third kappa shape index (κ3) is 4.94. The van der Waals surface area contributed by atoms with Gasteiger partial charge in [-0.1, -0.05) is 0 Å². The summed E-state index contributed by atoms with van der Waals surface area (Å²) in [4.78, 5) is 24.5. The molecule has 0 aromatic heterocycles. The van der Waals surface area contributed by atoms with Crippen molar-refractivity contribution in [1.82, 2.24) is 0 Å². The summed E-state index contributed by atoms with van der Waals surface area (Å²) in [6.07, 6.45) is 9.02. The van der Waals surface area contributed by atoms with Crippen LogP contribution in [0.2, 0.25) is 4.22 Å². The van der Waals surface area contributed by atoms with Crippen LogP contribution < -0.4 is 5.11 Å². The first-order valence-electron chi connectivity index (χ1n) is 9.87. The molecule has 0 amide bonds. The normalized spacial score (nSPS) is 18.4. The minimum atomic E-state index is -2.98. The molecule has 28 heavy (non-hydrogen) atoms. The zero-order valence-corrected chi connectivity index (χ0v) is 18.8. The minimum Gasteiger partial charge on any atom is -0.857 e. The van der Waals surface area contributed by atoms with E-state index in [1.54, 1.807) is 13.8 Å². The molecule has 0 saturated carbocycles. The molecule has 0 aromatic carbocycles. The second-order valence-corrected chi connectivity index (χ2v) is 10.0. The Morgan fingerprint density at radius 3 is 1.54 bits per heavy atom. The van der Waals surface area contributed by atoms with Crippen molar-refractivity contribution in [1.29, 1.82) is 0 Å². The third-order valence-corrected chi connectivity index (χ3v) is 8.43. The van der Waals surface area contributed by atoms with Gasteiger partial charge in [0.25, 0.3) is 0 Å². The topological polar surface area (TPSA) is 75.7 Å². The van der Waals surface area contributed by atoms with E-state index in [1.807, 2.05) is 0 Å². The van der Waals surface area contributed by atoms with E-state index in [2.05, 4.69) is 13.2 Å². The van der Waals surface area contributed by atoms with Crippen LogP contribution in [0.5, 0.6) is 0 Å². The van der Waals surface area contributed by atoms with E-state index >= 15 is 0 Å². The number of hydrogen-bond acceptors (Lipinski definition) is 5. The molecule has 0 N–H and O–H groups in total. The molecule has 6 heteroatoms. The smallest absolute Gasteiger partial charge is 0.153 e. The standard InChI is InChI=1S/C13H17.2C4H6O2.CH3O.Ti/c1-3-7-12-10(5-1)9-11-6-2-4-8-13(11)12;2*1-3(2)4(5)6;1-2;/h9H,1-8H2;2*1H2,2H3,(H,5,6);1H3;/q;;;-1;+3/p-2. The maximum Gasteiger partial charge on any atom is -0.153 e. The first-order chi connectivity index (χ1) is 13.4. The largest absolute Gasteiger partial charge is 0.857 e. The van der Waals surface area contributed by atoms with Crippen molar-refractivity contribution in [2.24, 2.45) is 0 Å². The third-order valence-electron chi connectivity index (χ3n) is 5.40. The van der Waals surface area contributed by atoms with E-state index in [0.717, 1.165) is 45.6 Å². The Morgan fingerprint density at radius 2 is 1.18 bits per heavy atom. The number of allylic oxidation sites excluding steroid dienone is 4. The summed E-state index contributed by atoms with van der Waals surface area (Å²) in [5.41, 5.74) is 6.44. The second-order valence-electron chi connectivity index (χ2n) is 7.51. The van der Waals surface area contributed by atoms with E-state index < -0.39 is 30.6 Å². The number of hydrogen-bond donors (Lipinski definition) is 0. The molecule has 0 radical (unpaired) electrons. The summed E-state index contributed by atoms with van der Waals surface area (Å²) >= 11 is -2.98. The average molecular weight is 422 g/mol. The van der Waals surface area contributed by atoms with Crippen LogP contribution in [0.25, 0.3) is 0 Å². The van der Waals surface area contributed by atoms with Crippen molar-refractivity contribution in [3.05, 3.63) is 46.6 Å². The predicted octanol–water partition coefficient (Wildman–Crippen LogP) is 4.19. The number of carbonyl (C=O) groups excluding carboxylic acids is 2. The molecular formula is C22H30O5Ti. The molecule has 0 spiro atoms. The van der Waals surface area contributed by atoms with Gasteiger partial charge in [0, 0.05) is 0 Å². The fourth-order valence-electron chi connectivity index (χ4n) is 4.17. The van der Waals surface area contributed by atoms with E-state index in [9.17, 15) is 9.59 Å². The fourth-order valence-corrected chi connectivity index (χ4v) is 7.61. The Morgan fingerprint density at radius 1 is 0.821 bits per heavy atom. The van der Waals surface area contributed by atoms with E-state index in [0.29, 0.717) is 11.1 Å². The first-order valence-corrected chi connectivity index (χ1v) is 12.0. The molecule has 0 saturated heterocycles. The van der Waals surface area contributed by atoms with Gasteiger partial charge in [-0.3, -0.25) is 0 Å². The van der Waals surface area contributed by atoms with Gasteiger partial charge < -0.3 is 5.11 Å². The Hall–Kier alpha value is -1.43. The van der Waals surface area contributed by atoms with Crippen LogP contribution in [0.15, 0.2) is 46.6 Å². The zero-order chi connectivity index (χ0) is 20.8. The molecule has 0 unspecified atom stereocenters. The molecule has 3 aliphatic rings. The Balaban J connectivity index is 0.00000136. The summed E-state index contributed by atoms with van der Waals surface area (Å²) in [6, 6.07) is 0. The van der Waals surface area contributed by atoms with Gasteiger partial charge in [0.15, 0.2) is 0 Å². The molecule has 152 valence electrons. The van der Waals surface area contributed by atoms with Gasteiger partial charge in [-0.2, -0.15) is 7.11 Å². The van der Waals surface area contributed by atoms with Crippen molar-refractivity contribution >= 4 is 11.9 Å². The van der Waals surface area contributed by atoms with Crippen LogP contribution >= 0.6 is 0 Å². The minimum absolute atomic E-state index is 0.0344. The van der Waals surface area contributed by atoms with Crippen LogP contribution in [0.3, 0.4) is 0 Å².